The molecule has 98 valence electrons. The molecule has 0 aromatic heterocycles. The first kappa shape index (κ1) is 13.4. The molecule has 0 aliphatic heterocycles. The number of aryl methyl sites for hydroxylation is 1. The maximum atomic E-state index is 6.23. The molecule has 0 saturated carbocycles. The van der Waals surface area contributed by atoms with Crippen molar-refractivity contribution in [1.29, 1.82) is 0 Å². The summed E-state index contributed by atoms with van der Waals surface area (Å²) in [4.78, 5) is 0. The third kappa shape index (κ3) is 4.66. The van der Waals surface area contributed by atoms with E-state index in [4.69, 9.17) is 5.73 Å². The van der Waals surface area contributed by atoms with E-state index < -0.39 is 0 Å². The lowest BCUT2D eigenvalue weighted by atomic mass is 9.92. The Bertz CT molecular complexity index is 366. The molecule has 1 atom stereocenters. The van der Waals surface area contributed by atoms with E-state index in [1.54, 1.807) is 5.57 Å². The summed E-state index contributed by atoms with van der Waals surface area (Å²) in [5, 5.41) is 0. The first-order valence-electron chi connectivity index (χ1n) is 7.32. The zero-order chi connectivity index (χ0) is 12.6. The van der Waals surface area contributed by atoms with Crippen LogP contribution in [0.4, 0.5) is 0 Å². The lowest BCUT2D eigenvalue weighted by molar-refractivity contribution is 0.554. The summed E-state index contributed by atoms with van der Waals surface area (Å²) in [5.74, 6) is 0. The van der Waals surface area contributed by atoms with Crippen LogP contribution >= 0.6 is 0 Å². The van der Waals surface area contributed by atoms with E-state index in [1.807, 2.05) is 0 Å². The van der Waals surface area contributed by atoms with Gasteiger partial charge < -0.3 is 5.73 Å². The van der Waals surface area contributed by atoms with Crippen molar-refractivity contribution in [2.24, 2.45) is 5.73 Å². The fourth-order valence-corrected chi connectivity index (χ4v) is 2.74. The van der Waals surface area contributed by atoms with Crippen molar-refractivity contribution in [1.82, 2.24) is 0 Å². The second-order valence-electron chi connectivity index (χ2n) is 5.45. The lowest BCUT2D eigenvalue weighted by Crippen LogP contribution is -2.21. The van der Waals surface area contributed by atoms with Crippen LogP contribution in [0.1, 0.15) is 50.5 Å². The highest BCUT2D eigenvalue weighted by atomic mass is 14.6. The molecule has 1 unspecified atom stereocenters. The Balaban J connectivity index is 1.65. The SMILES string of the molecule is NC(CCCc1ccccc1)CC1=CCCCC1. The Labute approximate surface area is 111 Å². The van der Waals surface area contributed by atoms with Gasteiger partial charge >= 0.3 is 0 Å². The number of allylic oxidation sites excluding steroid dienone is 1. The predicted octanol–water partition coefficient (Wildman–Crippen LogP) is 4.23. The monoisotopic (exact) mass is 243 g/mol. The zero-order valence-corrected chi connectivity index (χ0v) is 11.3. The molecule has 0 fully saturated rings. The first-order chi connectivity index (χ1) is 8.84. The van der Waals surface area contributed by atoms with E-state index >= 15 is 0 Å². The Morgan fingerprint density at radius 2 is 1.94 bits per heavy atom. The van der Waals surface area contributed by atoms with Crippen LogP contribution in [0.25, 0.3) is 0 Å². The van der Waals surface area contributed by atoms with Gasteiger partial charge in [0.25, 0.3) is 0 Å². The molecule has 0 bridgehead atoms. The highest BCUT2D eigenvalue weighted by Crippen LogP contribution is 2.22. The van der Waals surface area contributed by atoms with Gasteiger partial charge in [-0.1, -0.05) is 42.0 Å². The van der Waals surface area contributed by atoms with Crippen LogP contribution in [-0.2, 0) is 6.42 Å². The minimum atomic E-state index is 0.359. The van der Waals surface area contributed by atoms with Crippen molar-refractivity contribution in [2.75, 3.05) is 0 Å². The van der Waals surface area contributed by atoms with Gasteiger partial charge in [-0.3, -0.25) is 0 Å². The molecule has 1 aromatic rings. The molecule has 1 nitrogen and oxygen atoms in total. The quantitative estimate of drug-likeness (QED) is 0.743. The summed E-state index contributed by atoms with van der Waals surface area (Å²) in [6, 6.07) is 11.1. The maximum Gasteiger partial charge on any atom is 0.00761 e. The summed E-state index contributed by atoms with van der Waals surface area (Å²) in [6.45, 7) is 0. The largest absolute Gasteiger partial charge is 0.327 e. The van der Waals surface area contributed by atoms with Crippen LogP contribution in [0.3, 0.4) is 0 Å². The number of rotatable bonds is 6. The third-order valence-corrected chi connectivity index (χ3v) is 3.79. The van der Waals surface area contributed by atoms with Crippen molar-refractivity contribution < 1.29 is 0 Å². The zero-order valence-electron chi connectivity index (χ0n) is 11.3. The summed E-state index contributed by atoms with van der Waals surface area (Å²) in [6.07, 6.45) is 12.3. The molecule has 2 rings (SSSR count). The van der Waals surface area contributed by atoms with Gasteiger partial charge in [-0.25, -0.2) is 0 Å². The van der Waals surface area contributed by atoms with Crippen molar-refractivity contribution in [3.63, 3.8) is 0 Å². The van der Waals surface area contributed by atoms with Gasteiger partial charge in [-0.2, -0.15) is 0 Å². The highest BCUT2D eigenvalue weighted by Gasteiger charge is 2.09. The third-order valence-electron chi connectivity index (χ3n) is 3.79. The molecule has 0 saturated heterocycles. The van der Waals surface area contributed by atoms with Crippen molar-refractivity contribution in [3.8, 4) is 0 Å². The lowest BCUT2D eigenvalue weighted by Gasteiger charge is -2.17. The van der Waals surface area contributed by atoms with E-state index in [0.29, 0.717) is 6.04 Å². The predicted molar refractivity (Wildman–Crippen MR) is 78.5 cm³/mol. The molecule has 18 heavy (non-hydrogen) atoms. The maximum absolute atomic E-state index is 6.23. The van der Waals surface area contributed by atoms with Crippen LogP contribution in [0.5, 0.6) is 0 Å². The topological polar surface area (TPSA) is 26.0 Å². The number of hydrogen-bond acceptors (Lipinski definition) is 1. The summed E-state index contributed by atoms with van der Waals surface area (Å²) >= 11 is 0. The molecule has 0 amide bonds. The molecule has 1 aliphatic carbocycles. The molecular formula is C17H25N. The van der Waals surface area contributed by atoms with Gasteiger partial charge in [0, 0.05) is 6.04 Å². The van der Waals surface area contributed by atoms with Gasteiger partial charge in [-0.05, 0) is 56.9 Å². The minimum absolute atomic E-state index is 0.359. The molecule has 0 heterocycles. The van der Waals surface area contributed by atoms with E-state index in [1.165, 1.54) is 37.7 Å². The highest BCUT2D eigenvalue weighted by molar-refractivity contribution is 5.14. The summed E-state index contributed by atoms with van der Waals surface area (Å²) in [7, 11) is 0. The Kier molecular flexibility index (Phi) is 5.47. The minimum Gasteiger partial charge on any atom is -0.327 e. The van der Waals surface area contributed by atoms with Gasteiger partial charge in [0.15, 0.2) is 0 Å². The molecule has 1 aliphatic rings. The fourth-order valence-electron chi connectivity index (χ4n) is 2.74. The van der Waals surface area contributed by atoms with Crippen LogP contribution < -0.4 is 5.73 Å². The average molecular weight is 243 g/mol. The smallest absolute Gasteiger partial charge is 0.00761 e. The van der Waals surface area contributed by atoms with Crippen molar-refractivity contribution in [3.05, 3.63) is 47.5 Å². The molecule has 1 aromatic carbocycles. The number of nitrogens with two attached hydrogens (primary N) is 1. The molecule has 1 heteroatoms. The van der Waals surface area contributed by atoms with E-state index in [-0.39, 0.29) is 0 Å². The molecule has 2 N–H and O–H groups in total. The number of benzene rings is 1. The van der Waals surface area contributed by atoms with Crippen molar-refractivity contribution >= 4 is 0 Å². The average Bonchev–Trinajstić information content (AvgIpc) is 2.41. The fraction of sp³-hybridized carbons (Fsp3) is 0.529. The first-order valence-corrected chi connectivity index (χ1v) is 7.32. The van der Waals surface area contributed by atoms with Gasteiger partial charge in [0.05, 0.1) is 0 Å². The van der Waals surface area contributed by atoms with Crippen LogP contribution in [0, 0.1) is 0 Å². The van der Waals surface area contributed by atoms with Gasteiger partial charge in [0.2, 0.25) is 0 Å². The van der Waals surface area contributed by atoms with Crippen LogP contribution in [0.15, 0.2) is 42.0 Å². The van der Waals surface area contributed by atoms with E-state index in [9.17, 15) is 0 Å². The van der Waals surface area contributed by atoms with Crippen molar-refractivity contribution in [2.45, 2.75) is 57.4 Å². The Hall–Kier alpha value is -1.08. The summed E-state index contributed by atoms with van der Waals surface area (Å²) < 4.78 is 0. The van der Waals surface area contributed by atoms with Gasteiger partial charge in [0.1, 0.15) is 0 Å². The molecular weight excluding hydrogens is 218 g/mol. The standard InChI is InChI=1S/C17H25N/c18-17(14-16-10-5-2-6-11-16)13-7-12-15-8-3-1-4-9-15/h1,3-4,8-10,17H,2,5-7,11-14,18H2. The second kappa shape index (κ2) is 7.38. The number of hydrogen-bond donors (Lipinski definition) is 1. The second-order valence-corrected chi connectivity index (χ2v) is 5.45. The normalized spacial score (nSPS) is 17.3. The van der Waals surface area contributed by atoms with E-state index in [2.05, 4.69) is 36.4 Å². The molecule has 0 radical (unpaired) electrons. The van der Waals surface area contributed by atoms with Crippen LogP contribution in [0.2, 0.25) is 0 Å². The van der Waals surface area contributed by atoms with Gasteiger partial charge in [-0.15, -0.1) is 0 Å². The van der Waals surface area contributed by atoms with Crippen LogP contribution in [-0.4, -0.2) is 6.04 Å². The summed E-state index contributed by atoms with van der Waals surface area (Å²) in [5.41, 5.74) is 9.26. The Morgan fingerprint density at radius 3 is 2.67 bits per heavy atom. The van der Waals surface area contributed by atoms with E-state index in [0.717, 1.165) is 19.3 Å². The Morgan fingerprint density at radius 1 is 1.11 bits per heavy atom. The molecule has 0 spiro atoms.